The number of alkyl halides is 3. The molecule has 0 radical (unpaired) electrons. The average molecular weight is 455 g/mol. The van der Waals surface area contributed by atoms with Crippen LogP contribution in [0.5, 0.6) is 0 Å². The van der Waals surface area contributed by atoms with E-state index in [1.165, 1.54) is 6.07 Å². The van der Waals surface area contributed by atoms with Gasteiger partial charge >= 0.3 is 6.18 Å². The van der Waals surface area contributed by atoms with E-state index in [1.54, 1.807) is 17.3 Å². The molecule has 2 aromatic rings. The number of hydrogen-bond acceptors (Lipinski definition) is 4. The van der Waals surface area contributed by atoms with Crippen molar-refractivity contribution in [2.75, 3.05) is 13.2 Å². The van der Waals surface area contributed by atoms with Crippen LogP contribution >= 0.6 is 0 Å². The lowest BCUT2D eigenvalue weighted by Crippen LogP contribution is -2.20. The molecule has 9 heteroatoms. The van der Waals surface area contributed by atoms with Gasteiger partial charge in [-0.1, -0.05) is 24.3 Å². The molecule has 2 N–H and O–H groups in total. The minimum atomic E-state index is -4.44. The molecular weight excluding hydrogens is 429 g/mol. The van der Waals surface area contributed by atoms with E-state index >= 15 is 0 Å². The summed E-state index contributed by atoms with van der Waals surface area (Å²) in [6.45, 7) is 2.15. The zero-order valence-electron chi connectivity index (χ0n) is 17.1. The number of nitrogens with one attached hydrogen (secondary N) is 1. The number of nitrogens with zero attached hydrogens (tertiary/aromatic N) is 1. The van der Waals surface area contributed by atoms with E-state index in [0.717, 1.165) is 22.8 Å². The molecule has 168 valence electrons. The number of aliphatic hydroxyl groups excluding tert-OH is 1. The SMILES string of the molecule is CC1N([C@H]2Cc3ccc(Cc4cc(CNCCO)cc(C(F)(F)F)c4)cc3C2)S1(=O)=O. The Labute approximate surface area is 179 Å². The van der Waals surface area contributed by atoms with Gasteiger partial charge in [-0.2, -0.15) is 17.5 Å². The Morgan fingerprint density at radius 1 is 1.06 bits per heavy atom. The predicted octanol–water partition coefficient (Wildman–Crippen LogP) is 2.84. The van der Waals surface area contributed by atoms with Gasteiger partial charge in [0.1, 0.15) is 5.37 Å². The van der Waals surface area contributed by atoms with Gasteiger partial charge in [-0.3, -0.25) is 0 Å². The molecule has 1 aliphatic carbocycles. The van der Waals surface area contributed by atoms with E-state index in [-0.39, 0.29) is 19.2 Å². The maximum absolute atomic E-state index is 13.4. The van der Waals surface area contributed by atoms with Crippen LogP contribution in [0.2, 0.25) is 0 Å². The lowest BCUT2D eigenvalue weighted by Gasteiger charge is -2.13. The molecule has 4 rings (SSSR count). The van der Waals surface area contributed by atoms with Crippen LogP contribution in [0.15, 0.2) is 36.4 Å². The molecule has 0 bridgehead atoms. The monoisotopic (exact) mass is 454 g/mol. The van der Waals surface area contributed by atoms with Gasteiger partial charge in [0.2, 0.25) is 10.0 Å². The summed E-state index contributed by atoms with van der Waals surface area (Å²) in [5.74, 6) is 0. The highest BCUT2D eigenvalue weighted by Gasteiger charge is 2.55. The molecule has 1 aliphatic heterocycles. The molecule has 0 saturated carbocycles. The van der Waals surface area contributed by atoms with Crippen LogP contribution in [0.3, 0.4) is 0 Å². The molecule has 1 fully saturated rings. The van der Waals surface area contributed by atoms with Crippen molar-refractivity contribution < 1.29 is 26.7 Å². The molecule has 0 spiro atoms. The third-order valence-corrected chi connectivity index (χ3v) is 8.06. The van der Waals surface area contributed by atoms with E-state index in [2.05, 4.69) is 5.32 Å². The molecule has 1 heterocycles. The van der Waals surface area contributed by atoms with Gasteiger partial charge in [0.05, 0.1) is 12.2 Å². The molecule has 3 atom stereocenters. The molecule has 31 heavy (non-hydrogen) atoms. The summed E-state index contributed by atoms with van der Waals surface area (Å²) in [7, 11) is -3.12. The molecule has 5 nitrogen and oxygen atoms in total. The van der Waals surface area contributed by atoms with Gasteiger partial charge in [0, 0.05) is 19.1 Å². The van der Waals surface area contributed by atoms with Crippen molar-refractivity contribution in [1.82, 2.24) is 9.62 Å². The number of halogens is 3. The summed E-state index contributed by atoms with van der Waals surface area (Å²) in [5.41, 5.74) is 3.45. The van der Waals surface area contributed by atoms with Gasteiger partial charge < -0.3 is 10.4 Å². The van der Waals surface area contributed by atoms with Crippen molar-refractivity contribution in [3.05, 3.63) is 69.8 Å². The lowest BCUT2D eigenvalue weighted by molar-refractivity contribution is -0.137. The zero-order valence-corrected chi connectivity index (χ0v) is 17.9. The van der Waals surface area contributed by atoms with Crippen molar-refractivity contribution in [3.63, 3.8) is 0 Å². The molecular formula is C22H25F3N2O3S. The summed E-state index contributed by atoms with van der Waals surface area (Å²) in [6.07, 6.45) is -2.78. The first-order valence-electron chi connectivity index (χ1n) is 10.2. The maximum atomic E-state index is 13.4. The second-order valence-electron chi connectivity index (χ2n) is 8.25. The molecule has 2 aromatic carbocycles. The number of aliphatic hydroxyl groups is 1. The Bertz CT molecular complexity index is 1090. The second kappa shape index (κ2) is 8.20. The number of benzene rings is 2. The van der Waals surface area contributed by atoms with Gasteiger partial charge in [-0.05, 0) is 66.1 Å². The average Bonchev–Trinajstić information content (AvgIpc) is 2.99. The first kappa shape index (κ1) is 22.3. The smallest absolute Gasteiger partial charge is 0.395 e. The summed E-state index contributed by atoms with van der Waals surface area (Å²) in [5, 5.41) is 11.4. The Morgan fingerprint density at radius 3 is 2.39 bits per heavy atom. The van der Waals surface area contributed by atoms with Crippen LogP contribution in [0.4, 0.5) is 13.2 Å². The molecule has 2 aliphatic rings. The first-order chi connectivity index (χ1) is 14.6. The fourth-order valence-electron chi connectivity index (χ4n) is 4.44. The van der Waals surface area contributed by atoms with Crippen LogP contribution in [-0.2, 0) is 42.0 Å². The maximum Gasteiger partial charge on any atom is 0.416 e. The van der Waals surface area contributed by atoms with E-state index in [1.807, 2.05) is 18.2 Å². The molecule has 1 saturated heterocycles. The number of fused-ring (bicyclic) bond motifs is 1. The third kappa shape index (κ3) is 4.64. The lowest BCUT2D eigenvalue weighted by atomic mass is 9.97. The number of hydrogen-bond donors (Lipinski definition) is 2. The quantitative estimate of drug-likeness (QED) is 0.499. The zero-order chi connectivity index (χ0) is 22.4. The topological polar surface area (TPSA) is 69.4 Å². The van der Waals surface area contributed by atoms with Gasteiger partial charge in [-0.15, -0.1) is 0 Å². The molecule has 2 unspecified atom stereocenters. The van der Waals surface area contributed by atoms with Crippen molar-refractivity contribution in [1.29, 1.82) is 0 Å². The van der Waals surface area contributed by atoms with Crippen LogP contribution in [0.1, 0.15) is 40.3 Å². The van der Waals surface area contributed by atoms with E-state index in [0.29, 0.717) is 36.9 Å². The minimum Gasteiger partial charge on any atom is -0.395 e. The van der Waals surface area contributed by atoms with Crippen LogP contribution in [-0.4, -0.2) is 42.4 Å². The Hall–Kier alpha value is -1.94. The Balaban J connectivity index is 1.53. The normalized spacial score (nSPS) is 24.2. The Kier molecular flexibility index (Phi) is 5.89. The van der Waals surface area contributed by atoms with Gasteiger partial charge in [-0.25, -0.2) is 8.42 Å². The third-order valence-electron chi connectivity index (χ3n) is 5.99. The van der Waals surface area contributed by atoms with E-state index in [9.17, 15) is 21.6 Å². The Morgan fingerprint density at radius 2 is 1.74 bits per heavy atom. The largest absolute Gasteiger partial charge is 0.416 e. The van der Waals surface area contributed by atoms with Crippen LogP contribution < -0.4 is 5.32 Å². The van der Waals surface area contributed by atoms with Gasteiger partial charge in [0.15, 0.2) is 0 Å². The predicted molar refractivity (Wildman–Crippen MR) is 111 cm³/mol. The van der Waals surface area contributed by atoms with Crippen molar-refractivity contribution >= 4 is 10.0 Å². The minimum absolute atomic E-state index is 0.0667. The van der Waals surface area contributed by atoms with E-state index < -0.39 is 27.1 Å². The fourth-order valence-corrected chi connectivity index (χ4v) is 6.03. The summed E-state index contributed by atoms with van der Waals surface area (Å²) in [6, 6.07) is 9.85. The highest BCUT2D eigenvalue weighted by Crippen LogP contribution is 2.39. The fraction of sp³-hybridized carbons (Fsp3) is 0.455. The number of sulfonamides is 1. The van der Waals surface area contributed by atoms with E-state index in [4.69, 9.17) is 5.11 Å². The summed E-state index contributed by atoms with van der Waals surface area (Å²) >= 11 is 0. The summed E-state index contributed by atoms with van der Waals surface area (Å²) < 4.78 is 65.4. The van der Waals surface area contributed by atoms with Gasteiger partial charge in [0.25, 0.3) is 0 Å². The van der Waals surface area contributed by atoms with Crippen molar-refractivity contribution in [3.8, 4) is 0 Å². The van der Waals surface area contributed by atoms with Crippen molar-refractivity contribution in [2.24, 2.45) is 0 Å². The van der Waals surface area contributed by atoms with Crippen molar-refractivity contribution in [2.45, 2.75) is 50.3 Å². The first-order valence-corrected chi connectivity index (χ1v) is 11.7. The standard InChI is InChI=1S/C22H25F3N2O3S/c1-14-27(31(14,29)30)21-11-18-3-2-15(8-19(18)12-21)6-16-7-17(13-26-4-5-28)10-20(9-16)22(23,24)25/h2-3,7-10,14,21,26,28H,4-6,11-13H2,1H3/t14?,21-,27?/m0/s1. The molecule has 0 amide bonds. The molecule has 0 aromatic heterocycles. The van der Waals surface area contributed by atoms with Crippen LogP contribution in [0.25, 0.3) is 0 Å². The van der Waals surface area contributed by atoms with Crippen LogP contribution in [0, 0.1) is 0 Å². The summed E-state index contributed by atoms with van der Waals surface area (Å²) in [4.78, 5) is 0. The highest BCUT2D eigenvalue weighted by atomic mass is 32.2. The number of rotatable bonds is 7. The second-order valence-corrected chi connectivity index (χ2v) is 10.4. The highest BCUT2D eigenvalue weighted by molar-refractivity contribution is 7.95.